The second-order valence-corrected chi connectivity index (χ2v) is 6.31. The number of nitrogens with two attached hydrogens (primary N) is 1. The molecule has 1 aliphatic heterocycles. The number of β-amino-alcohol motifs (C(OH)–C–C–N with tert-alkyl or cyclic N) is 1. The van der Waals surface area contributed by atoms with Gasteiger partial charge < -0.3 is 15.7 Å². The van der Waals surface area contributed by atoms with Crippen molar-refractivity contribution in [3.63, 3.8) is 0 Å². The summed E-state index contributed by atoms with van der Waals surface area (Å²) < 4.78 is 0. The van der Waals surface area contributed by atoms with Crippen molar-refractivity contribution < 1.29 is 5.11 Å². The Morgan fingerprint density at radius 1 is 1.04 bits per heavy atom. The number of anilines is 2. The lowest BCUT2D eigenvalue weighted by Crippen LogP contribution is -2.47. The minimum absolute atomic E-state index is 0.482. The van der Waals surface area contributed by atoms with Crippen molar-refractivity contribution in [2.24, 2.45) is 0 Å². The predicted octanol–water partition coefficient (Wildman–Crippen LogP) is 2.43. The molecule has 0 aromatic heterocycles. The number of aliphatic hydroxyl groups excluding tert-OH is 1. The van der Waals surface area contributed by atoms with Gasteiger partial charge >= 0.3 is 0 Å². The molecule has 1 saturated heterocycles. The van der Waals surface area contributed by atoms with Crippen LogP contribution in [0.15, 0.2) is 48.5 Å². The predicted molar refractivity (Wildman–Crippen MR) is 95.6 cm³/mol. The van der Waals surface area contributed by atoms with E-state index in [1.165, 1.54) is 11.3 Å². The molecule has 2 aromatic carbocycles. The Morgan fingerprint density at radius 2 is 1.78 bits per heavy atom. The molecule has 23 heavy (non-hydrogen) atoms. The van der Waals surface area contributed by atoms with Crippen molar-refractivity contribution in [1.29, 1.82) is 0 Å². The van der Waals surface area contributed by atoms with Crippen LogP contribution in [-0.4, -0.2) is 42.7 Å². The van der Waals surface area contributed by atoms with Crippen LogP contribution < -0.4 is 10.6 Å². The van der Waals surface area contributed by atoms with Gasteiger partial charge in [-0.1, -0.05) is 24.3 Å². The zero-order valence-corrected chi connectivity index (χ0v) is 13.7. The molecule has 0 spiro atoms. The summed E-state index contributed by atoms with van der Waals surface area (Å²) in [5.74, 6) is 0. The maximum absolute atomic E-state index is 10.4. The largest absolute Gasteiger partial charge is 0.399 e. The smallest absolute Gasteiger partial charge is 0.0917 e. The number of nitrogen functional groups attached to an aromatic ring is 1. The van der Waals surface area contributed by atoms with Gasteiger partial charge in [0.15, 0.2) is 0 Å². The molecule has 1 aliphatic rings. The zero-order valence-electron chi connectivity index (χ0n) is 13.7. The third-order valence-electron chi connectivity index (χ3n) is 4.47. The summed E-state index contributed by atoms with van der Waals surface area (Å²) in [4.78, 5) is 4.73. The molecular weight excluding hydrogens is 286 g/mol. The van der Waals surface area contributed by atoms with E-state index in [0.29, 0.717) is 12.2 Å². The molecule has 0 radical (unpaired) electrons. The first-order valence-electron chi connectivity index (χ1n) is 8.19. The van der Waals surface area contributed by atoms with E-state index in [9.17, 15) is 5.11 Å². The first-order chi connectivity index (χ1) is 11.1. The van der Waals surface area contributed by atoms with Crippen LogP contribution >= 0.6 is 0 Å². The molecule has 4 heteroatoms. The van der Waals surface area contributed by atoms with Crippen molar-refractivity contribution >= 4 is 11.4 Å². The highest BCUT2D eigenvalue weighted by Crippen LogP contribution is 2.20. The fraction of sp³-hybridized carbons (Fsp3) is 0.368. The first kappa shape index (κ1) is 15.8. The van der Waals surface area contributed by atoms with Crippen LogP contribution in [0.2, 0.25) is 0 Å². The lowest BCUT2D eigenvalue weighted by molar-refractivity contribution is 0.109. The molecule has 1 atom stereocenters. The van der Waals surface area contributed by atoms with E-state index in [4.69, 9.17) is 5.73 Å². The molecule has 122 valence electrons. The SMILES string of the molecule is Cc1cccc(N2CCN(CC(O)c3cccc(N)c3)CC2)c1. The topological polar surface area (TPSA) is 52.7 Å². The van der Waals surface area contributed by atoms with Crippen LogP contribution in [0.25, 0.3) is 0 Å². The molecule has 0 saturated carbocycles. The Hall–Kier alpha value is -2.04. The highest BCUT2D eigenvalue weighted by atomic mass is 16.3. The van der Waals surface area contributed by atoms with Gasteiger partial charge in [0.1, 0.15) is 0 Å². The molecule has 1 heterocycles. The summed E-state index contributed by atoms with van der Waals surface area (Å²) in [6, 6.07) is 16.2. The van der Waals surface area contributed by atoms with Crippen molar-refractivity contribution in [3.05, 3.63) is 59.7 Å². The summed E-state index contributed by atoms with van der Waals surface area (Å²) in [7, 11) is 0. The lowest BCUT2D eigenvalue weighted by Gasteiger charge is -2.37. The Bertz CT molecular complexity index is 651. The number of hydrogen-bond donors (Lipinski definition) is 2. The van der Waals surface area contributed by atoms with Crippen molar-refractivity contribution in [3.8, 4) is 0 Å². The number of benzene rings is 2. The minimum Gasteiger partial charge on any atom is -0.399 e. The Kier molecular flexibility index (Phi) is 4.84. The molecule has 3 N–H and O–H groups in total. The third-order valence-corrected chi connectivity index (χ3v) is 4.47. The van der Waals surface area contributed by atoms with Gasteiger partial charge in [0.2, 0.25) is 0 Å². The fourth-order valence-corrected chi connectivity index (χ4v) is 3.13. The summed E-state index contributed by atoms with van der Waals surface area (Å²) >= 11 is 0. The summed E-state index contributed by atoms with van der Waals surface area (Å²) in [5.41, 5.74) is 9.97. The number of nitrogens with zero attached hydrogens (tertiary/aromatic N) is 2. The number of hydrogen-bond acceptors (Lipinski definition) is 4. The maximum Gasteiger partial charge on any atom is 0.0917 e. The second kappa shape index (κ2) is 7.02. The molecule has 0 bridgehead atoms. The van der Waals surface area contributed by atoms with Crippen LogP contribution in [0.1, 0.15) is 17.2 Å². The molecule has 0 aliphatic carbocycles. The first-order valence-corrected chi connectivity index (χ1v) is 8.19. The third kappa shape index (κ3) is 4.03. The van der Waals surface area contributed by atoms with Crippen LogP contribution in [0.3, 0.4) is 0 Å². The average molecular weight is 311 g/mol. The molecule has 2 aromatic rings. The molecular formula is C19H25N3O. The van der Waals surface area contributed by atoms with Gasteiger partial charge in [-0.25, -0.2) is 0 Å². The molecule has 1 fully saturated rings. The van der Waals surface area contributed by atoms with Crippen molar-refractivity contribution in [1.82, 2.24) is 4.90 Å². The van der Waals surface area contributed by atoms with Gasteiger partial charge in [0.05, 0.1) is 6.10 Å². The minimum atomic E-state index is -0.482. The van der Waals surface area contributed by atoms with E-state index in [-0.39, 0.29) is 0 Å². The number of aryl methyl sites for hydroxylation is 1. The summed E-state index contributed by atoms with van der Waals surface area (Å²) in [6.07, 6.45) is -0.482. The second-order valence-electron chi connectivity index (χ2n) is 6.31. The summed E-state index contributed by atoms with van der Waals surface area (Å²) in [5, 5.41) is 10.4. The van der Waals surface area contributed by atoms with Crippen LogP contribution in [0.5, 0.6) is 0 Å². The molecule has 0 amide bonds. The van der Waals surface area contributed by atoms with E-state index in [1.54, 1.807) is 0 Å². The van der Waals surface area contributed by atoms with Crippen LogP contribution in [0.4, 0.5) is 11.4 Å². The summed E-state index contributed by atoms with van der Waals surface area (Å²) in [6.45, 7) is 6.70. The van der Waals surface area contributed by atoms with Gasteiger partial charge in [-0.2, -0.15) is 0 Å². The molecule has 3 rings (SSSR count). The van der Waals surface area contributed by atoms with Gasteiger partial charge in [-0.15, -0.1) is 0 Å². The standard InChI is InChI=1S/C19H25N3O/c1-15-4-2-7-18(12-15)22-10-8-21(9-11-22)14-19(23)16-5-3-6-17(20)13-16/h2-7,12-13,19,23H,8-11,14,20H2,1H3. The van der Waals surface area contributed by atoms with Gasteiger partial charge in [0.25, 0.3) is 0 Å². The Morgan fingerprint density at radius 3 is 2.48 bits per heavy atom. The van der Waals surface area contributed by atoms with Crippen molar-refractivity contribution in [2.45, 2.75) is 13.0 Å². The quantitative estimate of drug-likeness (QED) is 0.852. The number of rotatable bonds is 4. The maximum atomic E-state index is 10.4. The van der Waals surface area contributed by atoms with Gasteiger partial charge in [-0.05, 0) is 42.3 Å². The van der Waals surface area contributed by atoms with Gasteiger partial charge in [-0.3, -0.25) is 4.90 Å². The normalized spacial score (nSPS) is 17.2. The van der Waals surface area contributed by atoms with E-state index < -0.39 is 6.10 Å². The zero-order chi connectivity index (χ0) is 16.2. The molecule has 1 unspecified atom stereocenters. The average Bonchev–Trinajstić information content (AvgIpc) is 2.55. The Labute approximate surface area is 138 Å². The van der Waals surface area contributed by atoms with E-state index in [0.717, 1.165) is 31.7 Å². The van der Waals surface area contributed by atoms with E-state index in [2.05, 4.69) is 41.0 Å². The number of aliphatic hydroxyl groups is 1. The van der Waals surface area contributed by atoms with E-state index in [1.807, 2.05) is 24.3 Å². The van der Waals surface area contributed by atoms with Crippen molar-refractivity contribution in [2.75, 3.05) is 43.4 Å². The van der Waals surface area contributed by atoms with E-state index >= 15 is 0 Å². The number of piperazine rings is 1. The Balaban J connectivity index is 1.55. The van der Waals surface area contributed by atoms with Crippen LogP contribution in [-0.2, 0) is 0 Å². The monoisotopic (exact) mass is 311 g/mol. The fourth-order valence-electron chi connectivity index (χ4n) is 3.13. The highest BCUT2D eigenvalue weighted by Gasteiger charge is 2.20. The van der Waals surface area contributed by atoms with Crippen LogP contribution in [0, 0.1) is 6.92 Å². The molecule has 4 nitrogen and oxygen atoms in total. The lowest BCUT2D eigenvalue weighted by atomic mass is 10.1. The highest BCUT2D eigenvalue weighted by molar-refractivity contribution is 5.48. The van der Waals surface area contributed by atoms with Gasteiger partial charge in [0, 0.05) is 44.1 Å².